The molecule has 0 fully saturated rings. The molecule has 2 amide bonds. The molecular weight excluding hydrogens is 496 g/mol. The first-order valence-electron chi connectivity index (χ1n) is 6.85. The van der Waals surface area contributed by atoms with Crippen LogP contribution in [0.15, 0.2) is 40.0 Å². The molecule has 124 valence electrons. The molecule has 8 heteroatoms. The minimum absolute atomic E-state index is 0.259. The van der Waals surface area contributed by atoms with Gasteiger partial charge in [-0.2, -0.15) is 0 Å². The molecule has 1 aromatic rings. The molecule has 0 radical (unpaired) electrons. The summed E-state index contributed by atoms with van der Waals surface area (Å²) in [5.41, 5.74) is 1.73. The Bertz CT molecular complexity index is 644. The van der Waals surface area contributed by atoms with Gasteiger partial charge in [-0.15, -0.1) is 0 Å². The predicted octanol–water partition coefficient (Wildman–Crippen LogP) is 4.08. The fourth-order valence-corrected chi connectivity index (χ4v) is 3.70. The standard InChI is InChI=1S/C15H15Br3N2O3/c1-3-23-14(21)10-11(8-4-6-9(16)7-5-8)19-15(22)20(2)12(10)13(17)18/h4-7,11,13H,3H2,1-2H3,(H,19,22)/t11-/m1/s1. The minimum atomic E-state index is -0.571. The largest absolute Gasteiger partial charge is 0.463 e. The Hall–Kier alpha value is -0.860. The minimum Gasteiger partial charge on any atom is -0.463 e. The molecule has 23 heavy (non-hydrogen) atoms. The van der Waals surface area contributed by atoms with E-state index in [0.29, 0.717) is 11.3 Å². The third-order valence-electron chi connectivity index (χ3n) is 3.40. The van der Waals surface area contributed by atoms with E-state index in [1.54, 1.807) is 14.0 Å². The highest BCUT2D eigenvalue weighted by Gasteiger charge is 2.38. The summed E-state index contributed by atoms with van der Waals surface area (Å²) in [4.78, 5) is 26.2. The summed E-state index contributed by atoms with van der Waals surface area (Å²) in [6, 6.07) is 6.58. The van der Waals surface area contributed by atoms with E-state index in [4.69, 9.17) is 4.74 Å². The Balaban J connectivity index is 2.59. The van der Waals surface area contributed by atoms with Crippen LogP contribution in [0.2, 0.25) is 0 Å². The Labute approximate surface area is 159 Å². The fraction of sp³-hybridized carbons (Fsp3) is 0.333. The van der Waals surface area contributed by atoms with Gasteiger partial charge >= 0.3 is 12.0 Å². The number of carbonyl (C=O) groups excluding carboxylic acids is 2. The fourth-order valence-electron chi connectivity index (χ4n) is 2.33. The Morgan fingerprint density at radius 3 is 2.48 bits per heavy atom. The molecule has 0 saturated heterocycles. The zero-order valence-corrected chi connectivity index (χ0v) is 17.2. The number of hydrogen-bond acceptors (Lipinski definition) is 3. The molecule has 0 unspecified atom stereocenters. The van der Waals surface area contributed by atoms with Crippen LogP contribution in [0, 0.1) is 0 Å². The molecule has 1 aliphatic rings. The molecule has 1 aliphatic heterocycles. The molecule has 0 bridgehead atoms. The van der Waals surface area contributed by atoms with E-state index in [2.05, 4.69) is 53.1 Å². The molecule has 1 atom stereocenters. The number of allylic oxidation sites excluding steroid dienone is 1. The average Bonchev–Trinajstić information content (AvgIpc) is 2.50. The van der Waals surface area contributed by atoms with Gasteiger partial charge in [-0.25, -0.2) is 9.59 Å². The summed E-state index contributed by atoms with van der Waals surface area (Å²) in [6.45, 7) is 2.01. The Morgan fingerprint density at radius 2 is 1.96 bits per heavy atom. The van der Waals surface area contributed by atoms with Crippen LogP contribution in [-0.2, 0) is 9.53 Å². The first-order valence-corrected chi connectivity index (χ1v) is 9.48. The quantitative estimate of drug-likeness (QED) is 0.490. The second-order valence-electron chi connectivity index (χ2n) is 4.81. The van der Waals surface area contributed by atoms with Crippen molar-refractivity contribution in [2.75, 3.05) is 13.7 Å². The number of urea groups is 1. The van der Waals surface area contributed by atoms with E-state index < -0.39 is 12.0 Å². The van der Waals surface area contributed by atoms with Crippen molar-refractivity contribution in [3.63, 3.8) is 0 Å². The van der Waals surface area contributed by atoms with E-state index in [-0.39, 0.29) is 16.4 Å². The Kier molecular flexibility index (Phi) is 6.27. The maximum absolute atomic E-state index is 12.5. The van der Waals surface area contributed by atoms with Gasteiger partial charge in [0.1, 0.15) is 3.74 Å². The number of nitrogens with zero attached hydrogens (tertiary/aromatic N) is 1. The van der Waals surface area contributed by atoms with Gasteiger partial charge in [0.15, 0.2) is 0 Å². The van der Waals surface area contributed by atoms with Crippen molar-refractivity contribution in [3.8, 4) is 0 Å². The van der Waals surface area contributed by atoms with Crippen LogP contribution in [0.1, 0.15) is 18.5 Å². The van der Waals surface area contributed by atoms with Gasteiger partial charge in [0.2, 0.25) is 0 Å². The lowest BCUT2D eigenvalue weighted by Gasteiger charge is -2.35. The van der Waals surface area contributed by atoms with Gasteiger partial charge in [-0.1, -0.05) is 59.9 Å². The average molecular weight is 511 g/mol. The van der Waals surface area contributed by atoms with Crippen molar-refractivity contribution in [3.05, 3.63) is 45.6 Å². The molecule has 2 rings (SSSR count). The highest BCUT2D eigenvalue weighted by Crippen LogP contribution is 2.36. The number of amides is 2. The van der Waals surface area contributed by atoms with E-state index in [9.17, 15) is 9.59 Å². The molecule has 1 heterocycles. The third kappa shape index (κ3) is 3.97. The summed E-state index contributed by atoms with van der Waals surface area (Å²) in [7, 11) is 1.61. The zero-order valence-electron chi connectivity index (χ0n) is 12.5. The molecule has 0 aliphatic carbocycles. The molecule has 0 saturated carbocycles. The first-order chi connectivity index (χ1) is 10.9. The van der Waals surface area contributed by atoms with Crippen LogP contribution in [-0.4, -0.2) is 34.3 Å². The molecule has 5 nitrogen and oxygen atoms in total. The number of esters is 1. The topological polar surface area (TPSA) is 58.6 Å². The van der Waals surface area contributed by atoms with Crippen molar-refractivity contribution >= 4 is 59.8 Å². The van der Waals surface area contributed by atoms with Crippen molar-refractivity contribution in [1.29, 1.82) is 0 Å². The molecule has 1 aromatic carbocycles. The van der Waals surface area contributed by atoms with E-state index in [1.807, 2.05) is 24.3 Å². The molecule has 0 spiro atoms. The third-order valence-corrected chi connectivity index (χ3v) is 4.80. The summed E-state index contributed by atoms with van der Waals surface area (Å²) in [6.07, 6.45) is 0. The summed E-state index contributed by atoms with van der Waals surface area (Å²) >= 11 is 10.2. The number of halogens is 3. The highest BCUT2D eigenvalue weighted by atomic mass is 79.9. The molecule has 0 aromatic heterocycles. The van der Waals surface area contributed by atoms with Crippen molar-refractivity contribution < 1.29 is 14.3 Å². The number of benzene rings is 1. The van der Waals surface area contributed by atoms with E-state index >= 15 is 0 Å². The van der Waals surface area contributed by atoms with E-state index in [1.165, 1.54) is 4.90 Å². The van der Waals surface area contributed by atoms with Gasteiger partial charge in [-0.05, 0) is 24.6 Å². The van der Waals surface area contributed by atoms with Gasteiger partial charge in [-0.3, -0.25) is 4.90 Å². The van der Waals surface area contributed by atoms with Crippen LogP contribution >= 0.6 is 47.8 Å². The van der Waals surface area contributed by atoms with Crippen molar-refractivity contribution in [2.45, 2.75) is 16.7 Å². The number of nitrogens with one attached hydrogen (secondary N) is 1. The Morgan fingerprint density at radius 1 is 1.35 bits per heavy atom. The van der Waals surface area contributed by atoms with Crippen molar-refractivity contribution in [1.82, 2.24) is 10.2 Å². The number of ether oxygens (including phenoxy) is 1. The number of rotatable bonds is 4. The lowest BCUT2D eigenvalue weighted by atomic mass is 9.95. The van der Waals surface area contributed by atoms with Gasteiger partial charge in [0.25, 0.3) is 0 Å². The molecule has 1 N–H and O–H groups in total. The summed E-state index contributed by atoms with van der Waals surface area (Å²) in [5.74, 6) is -0.453. The zero-order chi connectivity index (χ0) is 17.1. The van der Waals surface area contributed by atoms with Crippen molar-refractivity contribution in [2.24, 2.45) is 0 Å². The van der Waals surface area contributed by atoms with E-state index in [0.717, 1.165) is 10.0 Å². The normalized spacial score (nSPS) is 18.3. The number of alkyl halides is 2. The summed E-state index contributed by atoms with van der Waals surface area (Å²) in [5, 5.41) is 2.85. The van der Waals surface area contributed by atoms with Gasteiger partial charge < -0.3 is 10.1 Å². The van der Waals surface area contributed by atoms with Crippen LogP contribution < -0.4 is 5.32 Å². The number of carbonyl (C=O) groups is 2. The van der Waals surface area contributed by atoms with Crippen LogP contribution in [0.4, 0.5) is 4.79 Å². The monoisotopic (exact) mass is 508 g/mol. The predicted molar refractivity (Wildman–Crippen MR) is 98.5 cm³/mol. The SMILES string of the molecule is CCOC(=O)C1=C(C(Br)Br)N(C)C(=O)N[C@@H]1c1ccc(Br)cc1. The first kappa shape index (κ1) is 18.5. The maximum Gasteiger partial charge on any atom is 0.338 e. The van der Waals surface area contributed by atoms with Gasteiger partial charge in [0.05, 0.1) is 23.9 Å². The second-order valence-corrected chi connectivity index (χ2v) is 8.79. The van der Waals surface area contributed by atoms with Crippen LogP contribution in [0.25, 0.3) is 0 Å². The summed E-state index contributed by atoms with van der Waals surface area (Å²) < 4.78 is 5.75. The lowest BCUT2D eigenvalue weighted by Crippen LogP contribution is -2.48. The molecular formula is C15H15Br3N2O3. The lowest BCUT2D eigenvalue weighted by molar-refractivity contribution is -0.139. The maximum atomic E-state index is 12.5. The highest BCUT2D eigenvalue weighted by molar-refractivity contribution is 9.24. The second kappa shape index (κ2) is 7.81. The van der Waals surface area contributed by atoms with Gasteiger partial charge in [0, 0.05) is 11.5 Å². The van der Waals surface area contributed by atoms with Crippen LogP contribution in [0.3, 0.4) is 0 Å². The smallest absolute Gasteiger partial charge is 0.338 e. The van der Waals surface area contributed by atoms with Crippen LogP contribution in [0.5, 0.6) is 0 Å². The number of hydrogen-bond donors (Lipinski definition) is 1.